The Hall–Kier alpha value is -0.610. The van der Waals surface area contributed by atoms with Gasteiger partial charge in [0.1, 0.15) is 5.82 Å². The highest BCUT2D eigenvalue weighted by atomic mass is 35.5. The second-order valence-electron chi connectivity index (χ2n) is 4.65. The first-order valence-electron chi connectivity index (χ1n) is 6.43. The van der Waals surface area contributed by atoms with Gasteiger partial charge >= 0.3 is 0 Å². The summed E-state index contributed by atoms with van der Waals surface area (Å²) < 4.78 is 13.9. The fourth-order valence-corrected chi connectivity index (χ4v) is 3.70. The molecule has 0 saturated heterocycles. The lowest BCUT2D eigenvalue weighted by molar-refractivity contribution is 0.534. The third-order valence-electron chi connectivity index (χ3n) is 3.12. The normalized spacial score (nSPS) is 12.7. The van der Waals surface area contributed by atoms with E-state index in [1.807, 2.05) is 19.2 Å². The Morgan fingerprint density at radius 3 is 2.70 bits per heavy atom. The minimum atomic E-state index is -0.235. The summed E-state index contributed by atoms with van der Waals surface area (Å²) in [4.78, 5) is 1.05. The molecule has 20 heavy (non-hydrogen) atoms. The summed E-state index contributed by atoms with van der Waals surface area (Å²) in [5, 5.41) is 6.70. The van der Waals surface area contributed by atoms with Gasteiger partial charge in [0.2, 0.25) is 0 Å². The Morgan fingerprint density at radius 2 is 2.10 bits per heavy atom. The van der Waals surface area contributed by atoms with Crippen molar-refractivity contribution in [2.24, 2.45) is 0 Å². The van der Waals surface area contributed by atoms with Gasteiger partial charge in [0, 0.05) is 15.9 Å². The molecule has 5 heteroatoms. The first-order chi connectivity index (χ1) is 9.52. The molecule has 1 aromatic carbocycles. The van der Waals surface area contributed by atoms with E-state index in [0.717, 1.165) is 22.0 Å². The molecule has 0 aliphatic heterocycles. The van der Waals surface area contributed by atoms with Gasteiger partial charge in [-0.2, -0.15) is 0 Å². The molecule has 1 heterocycles. The number of hydrogen-bond donors (Lipinski definition) is 1. The number of rotatable bonds is 5. The van der Waals surface area contributed by atoms with E-state index in [9.17, 15) is 4.39 Å². The predicted octanol–water partition coefficient (Wildman–Crippen LogP) is 5.40. The van der Waals surface area contributed by atoms with Gasteiger partial charge in [-0.25, -0.2) is 4.39 Å². The molecule has 1 nitrogen and oxygen atoms in total. The topological polar surface area (TPSA) is 12.0 Å². The lowest BCUT2D eigenvalue weighted by Gasteiger charge is -2.18. The molecule has 1 aromatic heterocycles. The van der Waals surface area contributed by atoms with Crippen LogP contribution in [0.25, 0.3) is 0 Å². The molecule has 1 atom stereocenters. The molecule has 0 aliphatic rings. The average molecular weight is 332 g/mol. The number of thiophene rings is 1. The number of aryl methyl sites for hydroxylation is 1. The average Bonchev–Trinajstić information content (AvgIpc) is 2.74. The van der Waals surface area contributed by atoms with E-state index in [1.54, 1.807) is 23.5 Å². The highest BCUT2D eigenvalue weighted by Gasteiger charge is 2.19. The van der Waals surface area contributed by atoms with Gasteiger partial charge in [0.05, 0.1) is 5.02 Å². The van der Waals surface area contributed by atoms with Crippen LogP contribution >= 0.6 is 34.5 Å². The van der Waals surface area contributed by atoms with Crippen molar-refractivity contribution < 1.29 is 4.39 Å². The van der Waals surface area contributed by atoms with Crippen molar-refractivity contribution in [3.8, 4) is 0 Å². The summed E-state index contributed by atoms with van der Waals surface area (Å²) >= 11 is 13.9. The van der Waals surface area contributed by atoms with Gasteiger partial charge in [-0.1, -0.05) is 30.1 Å². The maximum Gasteiger partial charge on any atom is 0.126 e. The monoisotopic (exact) mass is 331 g/mol. The Kier molecular flexibility index (Phi) is 5.44. The van der Waals surface area contributed by atoms with Crippen molar-refractivity contribution in [1.29, 1.82) is 0 Å². The Morgan fingerprint density at radius 1 is 1.35 bits per heavy atom. The van der Waals surface area contributed by atoms with Gasteiger partial charge in [-0.3, -0.25) is 0 Å². The molecular weight excluding hydrogens is 316 g/mol. The standard InChI is InChI=1S/C15H16Cl2FNS/c1-3-19-13(15-14(17)9(2)8-20-15)7-10-6-11(16)4-5-12(10)18/h4-6,8,13,19H,3,7H2,1-2H3. The number of halogens is 3. The van der Waals surface area contributed by atoms with E-state index in [0.29, 0.717) is 17.0 Å². The van der Waals surface area contributed by atoms with Gasteiger partial charge in [0.15, 0.2) is 0 Å². The van der Waals surface area contributed by atoms with Crippen LogP contribution in [-0.4, -0.2) is 6.54 Å². The van der Waals surface area contributed by atoms with Crippen LogP contribution in [0.1, 0.15) is 29.0 Å². The van der Waals surface area contributed by atoms with Crippen molar-refractivity contribution >= 4 is 34.5 Å². The van der Waals surface area contributed by atoms with Crippen LogP contribution in [0.3, 0.4) is 0 Å². The molecule has 0 spiro atoms. The first-order valence-corrected chi connectivity index (χ1v) is 8.07. The summed E-state index contributed by atoms with van der Waals surface area (Å²) in [6.45, 7) is 4.79. The fraction of sp³-hybridized carbons (Fsp3) is 0.333. The molecule has 108 valence electrons. The minimum Gasteiger partial charge on any atom is -0.309 e. The zero-order valence-corrected chi connectivity index (χ0v) is 13.7. The molecule has 1 N–H and O–H groups in total. The van der Waals surface area contributed by atoms with Crippen molar-refractivity contribution in [1.82, 2.24) is 5.32 Å². The predicted molar refractivity (Wildman–Crippen MR) is 85.6 cm³/mol. The van der Waals surface area contributed by atoms with E-state index in [-0.39, 0.29) is 11.9 Å². The summed E-state index contributed by atoms with van der Waals surface area (Å²) in [5.74, 6) is -0.235. The van der Waals surface area contributed by atoms with Crippen LogP contribution in [-0.2, 0) is 6.42 Å². The maximum absolute atomic E-state index is 13.9. The summed E-state index contributed by atoms with van der Waals surface area (Å²) in [6, 6.07) is 4.64. The molecule has 2 aromatic rings. The van der Waals surface area contributed by atoms with Crippen LogP contribution in [0.5, 0.6) is 0 Å². The second kappa shape index (κ2) is 6.90. The quantitative estimate of drug-likeness (QED) is 0.773. The van der Waals surface area contributed by atoms with E-state index in [2.05, 4.69) is 5.32 Å². The van der Waals surface area contributed by atoms with Crippen LogP contribution in [0, 0.1) is 12.7 Å². The molecule has 0 radical (unpaired) electrons. The number of nitrogens with one attached hydrogen (secondary N) is 1. The van der Waals surface area contributed by atoms with Crippen molar-refractivity contribution in [3.05, 3.63) is 55.4 Å². The molecular formula is C15H16Cl2FNS. The lowest BCUT2D eigenvalue weighted by Crippen LogP contribution is -2.22. The molecule has 0 fully saturated rings. The maximum atomic E-state index is 13.9. The minimum absolute atomic E-state index is 0.000772. The van der Waals surface area contributed by atoms with Crippen molar-refractivity contribution in [2.75, 3.05) is 6.54 Å². The summed E-state index contributed by atoms with van der Waals surface area (Å²) in [6.07, 6.45) is 0.528. The number of likely N-dealkylation sites (N-methyl/N-ethyl adjacent to an activating group) is 1. The zero-order chi connectivity index (χ0) is 14.7. The summed E-state index contributed by atoms with van der Waals surface area (Å²) in [7, 11) is 0. The van der Waals surface area contributed by atoms with E-state index >= 15 is 0 Å². The highest BCUT2D eigenvalue weighted by molar-refractivity contribution is 7.10. The SMILES string of the molecule is CCNC(Cc1cc(Cl)ccc1F)c1scc(C)c1Cl. The summed E-state index contributed by atoms with van der Waals surface area (Å²) in [5.41, 5.74) is 1.66. The van der Waals surface area contributed by atoms with Gasteiger partial charge < -0.3 is 5.32 Å². The Balaban J connectivity index is 2.30. The van der Waals surface area contributed by atoms with E-state index in [1.165, 1.54) is 6.07 Å². The van der Waals surface area contributed by atoms with E-state index in [4.69, 9.17) is 23.2 Å². The van der Waals surface area contributed by atoms with Gasteiger partial charge in [-0.05, 0) is 54.6 Å². The van der Waals surface area contributed by atoms with Gasteiger partial charge in [0.25, 0.3) is 0 Å². The smallest absolute Gasteiger partial charge is 0.126 e. The van der Waals surface area contributed by atoms with E-state index < -0.39 is 0 Å². The molecule has 0 saturated carbocycles. The van der Waals surface area contributed by atoms with Crippen molar-refractivity contribution in [3.63, 3.8) is 0 Å². The van der Waals surface area contributed by atoms with Gasteiger partial charge in [-0.15, -0.1) is 11.3 Å². The third kappa shape index (κ3) is 3.53. The third-order valence-corrected chi connectivity index (χ3v) is 5.19. The molecule has 1 unspecified atom stereocenters. The number of benzene rings is 1. The van der Waals surface area contributed by atoms with Crippen LogP contribution < -0.4 is 5.32 Å². The largest absolute Gasteiger partial charge is 0.309 e. The Bertz CT molecular complexity index is 598. The number of hydrogen-bond acceptors (Lipinski definition) is 2. The first kappa shape index (κ1) is 15.8. The highest BCUT2D eigenvalue weighted by Crippen LogP contribution is 2.34. The van der Waals surface area contributed by atoms with Crippen LogP contribution in [0.4, 0.5) is 4.39 Å². The second-order valence-corrected chi connectivity index (χ2v) is 6.37. The Labute approximate surface area is 132 Å². The lowest BCUT2D eigenvalue weighted by atomic mass is 10.0. The van der Waals surface area contributed by atoms with Crippen LogP contribution in [0.2, 0.25) is 10.0 Å². The fourth-order valence-electron chi connectivity index (χ4n) is 2.11. The molecule has 0 amide bonds. The zero-order valence-electron chi connectivity index (χ0n) is 11.3. The van der Waals surface area contributed by atoms with Crippen LogP contribution in [0.15, 0.2) is 23.6 Å². The molecule has 0 aliphatic carbocycles. The van der Waals surface area contributed by atoms with Crippen molar-refractivity contribution in [2.45, 2.75) is 26.3 Å². The molecule has 0 bridgehead atoms. The molecule has 2 rings (SSSR count).